The Morgan fingerprint density at radius 3 is 1.04 bits per heavy atom. The lowest BCUT2D eigenvalue weighted by molar-refractivity contribution is 0.579. The summed E-state index contributed by atoms with van der Waals surface area (Å²) in [4.78, 5) is 10.2. The Balaban J connectivity index is 2.73. The summed E-state index contributed by atoms with van der Waals surface area (Å²) in [6.07, 6.45) is 0. The van der Waals surface area contributed by atoms with E-state index in [-0.39, 0.29) is 11.1 Å². The van der Waals surface area contributed by atoms with Crippen LogP contribution in [-0.4, -0.2) is 22.5 Å². The van der Waals surface area contributed by atoms with Gasteiger partial charge in [-0.3, -0.25) is 9.98 Å². The minimum absolute atomic E-state index is 0.191. The lowest BCUT2D eigenvalue weighted by atomic mass is 9.95. The number of nitrogens with zero attached hydrogens (tertiary/aromatic N) is 2. The van der Waals surface area contributed by atoms with Crippen LogP contribution in [0.5, 0.6) is 0 Å². The van der Waals surface area contributed by atoms with E-state index in [2.05, 4.69) is 104 Å². The van der Waals surface area contributed by atoms with Crippen LogP contribution in [0, 0.1) is 13.8 Å². The molecule has 0 amide bonds. The SMILES string of the molecule is Cc1ccc(C(=NC(C)(C)C)C(=NC(C)(C)C)c2ccc(C)cc2)cc1. The Bertz CT molecular complexity index is 722. The Morgan fingerprint density at radius 2 is 0.808 bits per heavy atom. The van der Waals surface area contributed by atoms with E-state index in [0.717, 1.165) is 22.6 Å². The third-order valence-electron chi connectivity index (χ3n) is 3.77. The fourth-order valence-corrected chi connectivity index (χ4v) is 2.60. The van der Waals surface area contributed by atoms with Crippen molar-refractivity contribution in [3.8, 4) is 0 Å². The molecule has 2 aromatic rings. The summed E-state index contributed by atoms with van der Waals surface area (Å²) in [5.74, 6) is 0. The Morgan fingerprint density at radius 1 is 0.538 bits per heavy atom. The topological polar surface area (TPSA) is 24.7 Å². The molecule has 0 N–H and O–H groups in total. The molecule has 138 valence electrons. The summed E-state index contributed by atoms with van der Waals surface area (Å²) in [5.41, 5.74) is 6.23. The molecule has 0 bridgehead atoms. The van der Waals surface area contributed by atoms with E-state index in [4.69, 9.17) is 9.98 Å². The van der Waals surface area contributed by atoms with Gasteiger partial charge in [-0.15, -0.1) is 0 Å². The highest BCUT2D eigenvalue weighted by molar-refractivity contribution is 6.53. The first-order chi connectivity index (χ1) is 11.9. The molecule has 0 aliphatic carbocycles. The average molecular weight is 349 g/mol. The Hall–Kier alpha value is -2.22. The van der Waals surface area contributed by atoms with Crippen molar-refractivity contribution in [3.05, 3.63) is 70.8 Å². The van der Waals surface area contributed by atoms with Crippen LogP contribution in [0.2, 0.25) is 0 Å². The molecule has 0 fully saturated rings. The monoisotopic (exact) mass is 348 g/mol. The van der Waals surface area contributed by atoms with Gasteiger partial charge in [0.25, 0.3) is 0 Å². The van der Waals surface area contributed by atoms with Crippen LogP contribution in [0.15, 0.2) is 58.5 Å². The van der Waals surface area contributed by atoms with Crippen molar-refractivity contribution in [1.29, 1.82) is 0 Å². The molecule has 0 atom stereocenters. The number of rotatable bonds is 3. The van der Waals surface area contributed by atoms with E-state index >= 15 is 0 Å². The van der Waals surface area contributed by atoms with Crippen LogP contribution >= 0.6 is 0 Å². The normalized spacial score (nSPS) is 13.8. The molecule has 0 saturated carbocycles. The molecular weight excluding hydrogens is 316 g/mol. The molecule has 0 radical (unpaired) electrons. The molecule has 2 rings (SSSR count). The molecule has 0 heterocycles. The van der Waals surface area contributed by atoms with Crippen molar-refractivity contribution in [2.24, 2.45) is 9.98 Å². The second-order valence-electron chi connectivity index (χ2n) is 8.99. The van der Waals surface area contributed by atoms with Gasteiger partial charge in [0.15, 0.2) is 0 Å². The van der Waals surface area contributed by atoms with Gasteiger partial charge in [-0.05, 0) is 55.4 Å². The van der Waals surface area contributed by atoms with Crippen molar-refractivity contribution in [3.63, 3.8) is 0 Å². The highest BCUT2D eigenvalue weighted by Crippen LogP contribution is 2.20. The summed E-state index contributed by atoms with van der Waals surface area (Å²) in [7, 11) is 0. The first kappa shape index (κ1) is 20.1. The molecule has 0 aromatic heterocycles. The van der Waals surface area contributed by atoms with Crippen LogP contribution in [-0.2, 0) is 0 Å². The number of aryl methyl sites for hydroxylation is 2. The molecule has 2 nitrogen and oxygen atoms in total. The van der Waals surface area contributed by atoms with Crippen molar-refractivity contribution in [2.75, 3.05) is 0 Å². The van der Waals surface area contributed by atoms with E-state index in [1.54, 1.807) is 0 Å². The minimum atomic E-state index is -0.191. The van der Waals surface area contributed by atoms with Gasteiger partial charge < -0.3 is 0 Å². The molecule has 0 saturated heterocycles. The van der Waals surface area contributed by atoms with Gasteiger partial charge in [0.05, 0.1) is 22.5 Å². The van der Waals surface area contributed by atoms with Crippen molar-refractivity contribution >= 4 is 11.4 Å². The molecule has 0 aliphatic rings. The number of hydrogen-bond donors (Lipinski definition) is 0. The quantitative estimate of drug-likeness (QED) is 0.592. The van der Waals surface area contributed by atoms with Gasteiger partial charge in [0.1, 0.15) is 0 Å². The Labute approximate surface area is 159 Å². The van der Waals surface area contributed by atoms with E-state index in [1.807, 2.05) is 0 Å². The smallest absolute Gasteiger partial charge is 0.0911 e. The zero-order chi connectivity index (χ0) is 19.5. The van der Waals surface area contributed by atoms with E-state index in [9.17, 15) is 0 Å². The fraction of sp³-hybridized carbons (Fsp3) is 0.417. The predicted molar refractivity (Wildman–Crippen MR) is 115 cm³/mol. The maximum atomic E-state index is 5.08. The summed E-state index contributed by atoms with van der Waals surface area (Å²) >= 11 is 0. The molecule has 2 aromatic carbocycles. The number of hydrogen-bond acceptors (Lipinski definition) is 2. The van der Waals surface area contributed by atoms with Gasteiger partial charge >= 0.3 is 0 Å². The third kappa shape index (κ3) is 5.94. The summed E-state index contributed by atoms with van der Waals surface area (Å²) in [6.45, 7) is 17.0. The van der Waals surface area contributed by atoms with Gasteiger partial charge in [-0.1, -0.05) is 59.7 Å². The lowest BCUT2D eigenvalue weighted by Crippen LogP contribution is -2.26. The van der Waals surface area contributed by atoms with Gasteiger partial charge in [0, 0.05) is 11.1 Å². The standard InChI is InChI=1S/C24H32N2/c1-17-9-13-19(14-10-17)21(25-23(3,4)5)22(26-24(6,7)8)20-15-11-18(2)12-16-20/h9-16H,1-8H3. The largest absolute Gasteiger partial charge is 0.277 e. The van der Waals surface area contributed by atoms with E-state index in [0.29, 0.717) is 0 Å². The first-order valence-electron chi connectivity index (χ1n) is 9.29. The van der Waals surface area contributed by atoms with Crippen molar-refractivity contribution in [1.82, 2.24) is 0 Å². The number of aliphatic imine (C=N–C) groups is 2. The lowest BCUT2D eigenvalue weighted by Gasteiger charge is -2.22. The van der Waals surface area contributed by atoms with E-state index in [1.165, 1.54) is 11.1 Å². The fourth-order valence-electron chi connectivity index (χ4n) is 2.60. The van der Waals surface area contributed by atoms with Gasteiger partial charge in [-0.2, -0.15) is 0 Å². The molecule has 2 heteroatoms. The third-order valence-corrected chi connectivity index (χ3v) is 3.77. The minimum Gasteiger partial charge on any atom is -0.277 e. The number of benzene rings is 2. The molecule has 0 aliphatic heterocycles. The van der Waals surface area contributed by atoms with E-state index < -0.39 is 0 Å². The maximum absolute atomic E-state index is 5.08. The van der Waals surface area contributed by atoms with Gasteiger partial charge in [-0.25, -0.2) is 0 Å². The summed E-state index contributed by atoms with van der Waals surface area (Å²) in [5, 5.41) is 0. The zero-order valence-corrected chi connectivity index (χ0v) is 17.5. The molecular formula is C24H32N2. The second-order valence-corrected chi connectivity index (χ2v) is 8.99. The predicted octanol–water partition coefficient (Wildman–Crippen LogP) is 6.18. The van der Waals surface area contributed by atoms with Crippen LogP contribution < -0.4 is 0 Å². The van der Waals surface area contributed by atoms with Gasteiger partial charge in [0.2, 0.25) is 0 Å². The maximum Gasteiger partial charge on any atom is 0.0911 e. The van der Waals surface area contributed by atoms with Crippen LogP contribution in [0.3, 0.4) is 0 Å². The highest BCUT2D eigenvalue weighted by Gasteiger charge is 2.21. The molecule has 0 spiro atoms. The average Bonchev–Trinajstić information content (AvgIpc) is 2.51. The highest BCUT2D eigenvalue weighted by atomic mass is 14.9. The Kier molecular flexibility index (Phi) is 5.85. The van der Waals surface area contributed by atoms with Crippen LogP contribution in [0.4, 0.5) is 0 Å². The molecule has 26 heavy (non-hydrogen) atoms. The first-order valence-corrected chi connectivity index (χ1v) is 9.29. The zero-order valence-electron chi connectivity index (χ0n) is 17.5. The van der Waals surface area contributed by atoms with Crippen molar-refractivity contribution < 1.29 is 0 Å². The summed E-state index contributed by atoms with van der Waals surface area (Å²) in [6, 6.07) is 17.1. The van der Waals surface area contributed by atoms with Crippen LogP contribution in [0.1, 0.15) is 63.8 Å². The molecule has 0 unspecified atom stereocenters. The second kappa shape index (κ2) is 7.57. The van der Waals surface area contributed by atoms with Crippen molar-refractivity contribution in [2.45, 2.75) is 66.5 Å². The van der Waals surface area contributed by atoms with Crippen LogP contribution in [0.25, 0.3) is 0 Å². The summed E-state index contributed by atoms with van der Waals surface area (Å²) < 4.78 is 0.